The van der Waals surface area contributed by atoms with Crippen molar-refractivity contribution in [2.24, 2.45) is 0 Å². The zero-order chi connectivity index (χ0) is 14.4. The Morgan fingerprint density at radius 3 is 2.40 bits per heavy atom. The molecule has 0 amide bonds. The molecule has 1 saturated heterocycles. The molecule has 2 rings (SSSR count). The molecular formula is C17H28N2O. The smallest absolute Gasteiger partial charge is 0.0642 e. The molecule has 1 heterocycles. The first kappa shape index (κ1) is 15.3. The highest BCUT2D eigenvalue weighted by Gasteiger charge is 2.15. The first-order chi connectivity index (χ1) is 9.61. The van der Waals surface area contributed by atoms with Gasteiger partial charge in [0.2, 0.25) is 0 Å². The number of nitrogens with zero attached hydrogens (tertiary/aromatic N) is 1. The molecule has 0 aromatic heterocycles. The lowest BCUT2D eigenvalue weighted by Crippen LogP contribution is -2.38. The van der Waals surface area contributed by atoms with E-state index in [-0.39, 0.29) is 5.54 Å². The van der Waals surface area contributed by atoms with Gasteiger partial charge in [-0.15, -0.1) is 0 Å². The minimum Gasteiger partial charge on any atom is -0.378 e. The van der Waals surface area contributed by atoms with E-state index in [1.54, 1.807) is 0 Å². The molecule has 3 nitrogen and oxygen atoms in total. The normalized spacial score (nSPS) is 16.4. The number of ether oxygens (including phenoxy) is 1. The van der Waals surface area contributed by atoms with E-state index in [1.807, 2.05) is 0 Å². The summed E-state index contributed by atoms with van der Waals surface area (Å²) >= 11 is 0. The van der Waals surface area contributed by atoms with Crippen LogP contribution in [0.15, 0.2) is 24.3 Å². The van der Waals surface area contributed by atoms with Crippen molar-refractivity contribution in [3.63, 3.8) is 0 Å². The summed E-state index contributed by atoms with van der Waals surface area (Å²) in [4.78, 5) is 2.39. The standard InChI is InChI=1S/C17H28N2O/c1-4-9-17(2,3)18-14-15-5-7-16(8-6-15)19-10-12-20-13-11-19/h5-8,18H,4,9-14H2,1-3H3. The molecule has 1 aromatic carbocycles. The van der Waals surface area contributed by atoms with Crippen LogP contribution < -0.4 is 10.2 Å². The van der Waals surface area contributed by atoms with Crippen molar-refractivity contribution in [3.8, 4) is 0 Å². The lowest BCUT2D eigenvalue weighted by molar-refractivity contribution is 0.122. The van der Waals surface area contributed by atoms with Crippen LogP contribution in [0.3, 0.4) is 0 Å². The van der Waals surface area contributed by atoms with Crippen LogP contribution in [0.1, 0.15) is 39.2 Å². The molecule has 1 N–H and O–H groups in total. The second-order valence-corrected chi connectivity index (χ2v) is 6.25. The van der Waals surface area contributed by atoms with Crippen molar-refractivity contribution >= 4 is 5.69 Å². The topological polar surface area (TPSA) is 24.5 Å². The van der Waals surface area contributed by atoms with E-state index in [0.717, 1.165) is 32.8 Å². The molecule has 1 aliphatic heterocycles. The predicted octanol–water partition coefficient (Wildman–Crippen LogP) is 3.19. The molecule has 0 spiro atoms. The van der Waals surface area contributed by atoms with Crippen molar-refractivity contribution in [3.05, 3.63) is 29.8 Å². The van der Waals surface area contributed by atoms with Crippen molar-refractivity contribution in [2.45, 2.75) is 45.7 Å². The fraction of sp³-hybridized carbons (Fsp3) is 0.647. The average molecular weight is 276 g/mol. The number of benzene rings is 1. The van der Waals surface area contributed by atoms with Gasteiger partial charge >= 0.3 is 0 Å². The summed E-state index contributed by atoms with van der Waals surface area (Å²) in [6.45, 7) is 11.4. The van der Waals surface area contributed by atoms with Crippen LogP contribution in [0.2, 0.25) is 0 Å². The fourth-order valence-corrected chi connectivity index (χ4v) is 2.70. The van der Waals surface area contributed by atoms with Crippen LogP contribution in [-0.2, 0) is 11.3 Å². The fourth-order valence-electron chi connectivity index (χ4n) is 2.70. The van der Waals surface area contributed by atoms with E-state index in [9.17, 15) is 0 Å². The number of morpholine rings is 1. The molecule has 0 unspecified atom stereocenters. The largest absolute Gasteiger partial charge is 0.378 e. The lowest BCUT2D eigenvalue weighted by atomic mass is 9.98. The third-order valence-electron chi connectivity index (χ3n) is 3.96. The molecule has 20 heavy (non-hydrogen) atoms. The number of hydrogen-bond acceptors (Lipinski definition) is 3. The number of rotatable bonds is 6. The van der Waals surface area contributed by atoms with Gasteiger partial charge in [-0.25, -0.2) is 0 Å². The van der Waals surface area contributed by atoms with Gasteiger partial charge in [0.1, 0.15) is 0 Å². The molecule has 0 saturated carbocycles. The monoisotopic (exact) mass is 276 g/mol. The SMILES string of the molecule is CCCC(C)(C)NCc1ccc(N2CCOCC2)cc1. The van der Waals surface area contributed by atoms with E-state index in [1.165, 1.54) is 24.1 Å². The van der Waals surface area contributed by atoms with E-state index >= 15 is 0 Å². The van der Waals surface area contributed by atoms with Crippen molar-refractivity contribution in [2.75, 3.05) is 31.2 Å². The van der Waals surface area contributed by atoms with Crippen LogP contribution in [0.5, 0.6) is 0 Å². The number of hydrogen-bond donors (Lipinski definition) is 1. The van der Waals surface area contributed by atoms with Crippen LogP contribution in [-0.4, -0.2) is 31.8 Å². The molecule has 0 atom stereocenters. The molecule has 3 heteroatoms. The Labute approximate surface area is 123 Å². The summed E-state index contributed by atoms with van der Waals surface area (Å²) in [5, 5.41) is 3.64. The molecule has 112 valence electrons. The maximum absolute atomic E-state index is 5.39. The Morgan fingerprint density at radius 2 is 1.80 bits per heavy atom. The molecule has 0 bridgehead atoms. The lowest BCUT2D eigenvalue weighted by Gasteiger charge is -2.29. The van der Waals surface area contributed by atoms with Gasteiger partial charge in [-0.3, -0.25) is 0 Å². The Hall–Kier alpha value is -1.06. The van der Waals surface area contributed by atoms with Crippen LogP contribution >= 0.6 is 0 Å². The van der Waals surface area contributed by atoms with Crippen molar-refractivity contribution < 1.29 is 4.74 Å². The highest BCUT2D eigenvalue weighted by atomic mass is 16.5. The van der Waals surface area contributed by atoms with Gasteiger partial charge in [0.15, 0.2) is 0 Å². The summed E-state index contributed by atoms with van der Waals surface area (Å²) in [7, 11) is 0. The predicted molar refractivity (Wildman–Crippen MR) is 85.3 cm³/mol. The van der Waals surface area contributed by atoms with E-state index in [0.29, 0.717) is 0 Å². The molecule has 1 fully saturated rings. The molecule has 1 aromatic rings. The Morgan fingerprint density at radius 1 is 1.15 bits per heavy atom. The molecule has 0 aliphatic carbocycles. The molecule has 1 aliphatic rings. The quantitative estimate of drug-likeness (QED) is 0.863. The minimum atomic E-state index is 0.220. The van der Waals surface area contributed by atoms with E-state index in [2.05, 4.69) is 55.3 Å². The van der Waals surface area contributed by atoms with Gasteiger partial charge in [0, 0.05) is 30.9 Å². The van der Waals surface area contributed by atoms with Gasteiger partial charge in [-0.2, -0.15) is 0 Å². The van der Waals surface area contributed by atoms with Gasteiger partial charge < -0.3 is 15.0 Å². The zero-order valence-corrected chi connectivity index (χ0v) is 13.1. The Bertz CT molecular complexity index is 394. The average Bonchev–Trinajstić information content (AvgIpc) is 2.47. The summed E-state index contributed by atoms with van der Waals surface area (Å²) in [6.07, 6.45) is 2.43. The van der Waals surface area contributed by atoms with Gasteiger partial charge in [0.05, 0.1) is 13.2 Å². The summed E-state index contributed by atoms with van der Waals surface area (Å²) in [5.74, 6) is 0. The first-order valence-electron chi connectivity index (χ1n) is 7.77. The maximum atomic E-state index is 5.39. The highest BCUT2D eigenvalue weighted by molar-refractivity contribution is 5.47. The third kappa shape index (κ3) is 4.50. The van der Waals surface area contributed by atoms with Gasteiger partial charge in [-0.05, 0) is 38.0 Å². The second-order valence-electron chi connectivity index (χ2n) is 6.25. The first-order valence-corrected chi connectivity index (χ1v) is 7.77. The Balaban J connectivity index is 1.88. The van der Waals surface area contributed by atoms with Crippen molar-refractivity contribution in [1.29, 1.82) is 0 Å². The summed E-state index contributed by atoms with van der Waals surface area (Å²) < 4.78 is 5.39. The number of anilines is 1. The minimum absolute atomic E-state index is 0.220. The summed E-state index contributed by atoms with van der Waals surface area (Å²) in [5.41, 5.74) is 2.88. The zero-order valence-electron chi connectivity index (χ0n) is 13.1. The Kier molecular flexibility index (Phi) is 5.44. The van der Waals surface area contributed by atoms with E-state index in [4.69, 9.17) is 4.74 Å². The molecule has 0 radical (unpaired) electrons. The molecular weight excluding hydrogens is 248 g/mol. The summed E-state index contributed by atoms with van der Waals surface area (Å²) in [6, 6.07) is 8.93. The second kappa shape index (κ2) is 7.09. The van der Waals surface area contributed by atoms with Crippen LogP contribution in [0.25, 0.3) is 0 Å². The number of nitrogens with one attached hydrogen (secondary N) is 1. The van der Waals surface area contributed by atoms with Gasteiger partial charge in [0.25, 0.3) is 0 Å². The van der Waals surface area contributed by atoms with E-state index < -0.39 is 0 Å². The van der Waals surface area contributed by atoms with Gasteiger partial charge in [-0.1, -0.05) is 25.5 Å². The third-order valence-corrected chi connectivity index (χ3v) is 3.96. The highest BCUT2D eigenvalue weighted by Crippen LogP contribution is 2.17. The maximum Gasteiger partial charge on any atom is 0.0642 e. The van der Waals surface area contributed by atoms with Crippen LogP contribution in [0, 0.1) is 0 Å². The van der Waals surface area contributed by atoms with Crippen molar-refractivity contribution in [1.82, 2.24) is 5.32 Å². The van der Waals surface area contributed by atoms with Crippen LogP contribution in [0.4, 0.5) is 5.69 Å².